The molecule has 3 N–H and O–H groups in total. The fourth-order valence-electron chi connectivity index (χ4n) is 2.85. The van der Waals surface area contributed by atoms with Gasteiger partial charge in [-0.1, -0.05) is 39.3 Å². The van der Waals surface area contributed by atoms with Crippen molar-refractivity contribution in [3.05, 3.63) is 40.0 Å². The second-order valence-electron chi connectivity index (χ2n) is 7.16. The Labute approximate surface area is 178 Å². The summed E-state index contributed by atoms with van der Waals surface area (Å²) in [6.07, 6.45) is 0. The van der Waals surface area contributed by atoms with Crippen LogP contribution in [0.2, 0.25) is 5.02 Å². The predicted octanol–water partition coefficient (Wildman–Crippen LogP) is 3.52. The Bertz CT molecular complexity index is 926. The van der Waals surface area contributed by atoms with E-state index in [0.717, 1.165) is 11.1 Å². The highest BCUT2D eigenvalue weighted by molar-refractivity contribution is 7.83. The topological polar surface area (TPSA) is 105 Å². The Morgan fingerprint density at radius 3 is 2.14 bits per heavy atom. The van der Waals surface area contributed by atoms with Crippen molar-refractivity contribution in [3.8, 4) is 0 Å². The Kier molecular flexibility index (Phi) is 7.43. The standard InChI is InChI=1S/C19H26ClN5O3S/c1-10(2)13-7-12(20)8-14(11(3)4)17(13)22-19(27)24-29(28)16-9-15(18(26)21-5)25(6)23-16/h7-11H,1-6H3,(H,21,26)(H2,22,24,27). The Morgan fingerprint density at radius 1 is 1.10 bits per heavy atom. The smallest absolute Gasteiger partial charge is 0.331 e. The van der Waals surface area contributed by atoms with Crippen molar-refractivity contribution in [2.75, 3.05) is 12.4 Å². The quantitative estimate of drug-likeness (QED) is 0.640. The van der Waals surface area contributed by atoms with E-state index in [4.69, 9.17) is 11.6 Å². The average Bonchev–Trinajstić information content (AvgIpc) is 3.03. The fourth-order valence-corrected chi connectivity index (χ4v) is 3.83. The minimum absolute atomic E-state index is 0.0746. The van der Waals surface area contributed by atoms with Gasteiger partial charge in [0, 0.05) is 30.9 Å². The minimum atomic E-state index is -1.93. The van der Waals surface area contributed by atoms with Crippen LogP contribution < -0.4 is 15.4 Å². The van der Waals surface area contributed by atoms with E-state index in [9.17, 15) is 13.8 Å². The zero-order valence-corrected chi connectivity index (χ0v) is 18.9. The van der Waals surface area contributed by atoms with Gasteiger partial charge >= 0.3 is 6.03 Å². The number of nitrogens with zero attached hydrogens (tertiary/aromatic N) is 2. The molecule has 0 radical (unpaired) electrons. The normalized spacial score (nSPS) is 12.2. The van der Waals surface area contributed by atoms with Gasteiger partial charge in [0.25, 0.3) is 5.91 Å². The molecule has 1 aromatic carbocycles. The first-order valence-electron chi connectivity index (χ1n) is 9.14. The van der Waals surface area contributed by atoms with E-state index in [-0.39, 0.29) is 28.5 Å². The summed E-state index contributed by atoms with van der Waals surface area (Å²) in [6, 6.07) is 4.37. The van der Waals surface area contributed by atoms with Crippen LogP contribution in [0.15, 0.2) is 23.2 Å². The number of urea groups is 1. The molecule has 0 aliphatic heterocycles. The van der Waals surface area contributed by atoms with Gasteiger partial charge in [-0.25, -0.2) is 9.00 Å². The van der Waals surface area contributed by atoms with Crippen molar-refractivity contribution < 1.29 is 13.8 Å². The van der Waals surface area contributed by atoms with Gasteiger partial charge in [-0.15, -0.1) is 0 Å². The summed E-state index contributed by atoms with van der Waals surface area (Å²) in [6.45, 7) is 8.02. The summed E-state index contributed by atoms with van der Waals surface area (Å²) in [5, 5.41) is 10.00. The molecule has 1 unspecified atom stereocenters. The number of anilines is 1. The van der Waals surface area contributed by atoms with Gasteiger partial charge in [-0.3, -0.25) is 14.2 Å². The number of amides is 3. The number of aryl methyl sites for hydroxylation is 1. The van der Waals surface area contributed by atoms with Gasteiger partial charge in [0.1, 0.15) is 5.69 Å². The van der Waals surface area contributed by atoms with Crippen molar-refractivity contribution in [3.63, 3.8) is 0 Å². The van der Waals surface area contributed by atoms with Crippen LogP contribution in [0.3, 0.4) is 0 Å². The lowest BCUT2D eigenvalue weighted by atomic mass is 9.92. The molecule has 0 aliphatic carbocycles. The number of rotatable bonds is 6. The van der Waals surface area contributed by atoms with E-state index in [2.05, 4.69) is 20.5 Å². The van der Waals surface area contributed by atoms with E-state index in [0.29, 0.717) is 10.7 Å². The largest absolute Gasteiger partial charge is 0.354 e. The van der Waals surface area contributed by atoms with Crippen LogP contribution in [0.4, 0.5) is 10.5 Å². The molecular weight excluding hydrogens is 414 g/mol. The van der Waals surface area contributed by atoms with Gasteiger partial charge in [-0.2, -0.15) is 5.10 Å². The highest BCUT2D eigenvalue weighted by Crippen LogP contribution is 2.35. The van der Waals surface area contributed by atoms with Crippen molar-refractivity contribution >= 4 is 40.2 Å². The van der Waals surface area contributed by atoms with Gasteiger partial charge in [-0.05, 0) is 35.1 Å². The zero-order valence-electron chi connectivity index (χ0n) is 17.3. The summed E-state index contributed by atoms with van der Waals surface area (Å²) < 4.78 is 16.2. The third-order valence-electron chi connectivity index (χ3n) is 4.34. The maximum atomic E-state index is 12.6. The second-order valence-corrected chi connectivity index (χ2v) is 8.76. The summed E-state index contributed by atoms with van der Waals surface area (Å²) in [7, 11) is 1.11. The predicted molar refractivity (Wildman–Crippen MR) is 115 cm³/mol. The minimum Gasteiger partial charge on any atom is -0.354 e. The van der Waals surface area contributed by atoms with Crippen LogP contribution in [0, 0.1) is 0 Å². The first-order valence-corrected chi connectivity index (χ1v) is 10.7. The summed E-state index contributed by atoms with van der Waals surface area (Å²) in [4.78, 5) is 24.3. The van der Waals surface area contributed by atoms with Crippen molar-refractivity contribution in [2.45, 2.75) is 44.6 Å². The van der Waals surface area contributed by atoms with E-state index in [1.54, 1.807) is 7.05 Å². The number of carbonyl (C=O) groups is 2. The van der Waals surface area contributed by atoms with E-state index < -0.39 is 17.0 Å². The molecule has 2 rings (SSSR count). The molecule has 2 aromatic rings. The molecule has 0 aliphatic rings. The summed E-state index contributed by atoms with van der Waals surface area (Å²) in [5.41, 5.74) is 2.67. The molecule has 1 aromatic heterocycles. The molecule has 29 heavy (non-hydrogen) atoms. The van der Waals surface area contributed by atoms with Crippen LogP contribution in [-0.4, -0.2) is 33.0 Å². The number of benzene rings is 1. The molecule has 0 spiro atoms. The van der Waals surface area contributed by atoms with E-state index in [1.807, 2.05) is 39.8 Å². The van der Waals surface area contributed by atoms with Gasteiger partial charge < -0.3 is 10.6 Å². The third kappa shape index (κ3) is 5.36. The van der Waals surface area contributed by atoms with E-state index in [1.165, 1.54) is 17.8 Å². The summed E-state index contributed by atoms with van der Waals surface area (Å²) >= 11 is 6.25. The maximum absolute atomic E-state index is 12.6. The van der Waals surface area contributed by atoms with Crippen LogP contribution in [0.1, 0.15) is 61.1 Å². The van der Waals surface area contributed by atoms with Crippen molar-refractivity contribution in [2.24, 2.45) is 7.05 Å². The lowest BCUT2D eigenvalue weighted by Gasteiger charge is -2.21. The van der Waals surface area contributed by atoms with Gasteiger partial charge in [0.15, 0.2) is 16.0 Å². The first kappa shape index (κ1) is 22.9. The van der Waals surface area contributed by atoms with Gasteiger partial charge in [0.2, 0.25) is 0 Å². The van der Waals surface area contributed by atoms with Crippen LogP contribution in [-0.2, 0) is 18.0 Å². The molecular formula is C19H26ClN5O3S. The molecule has 1 atom stereocenters. The molecule has 0 bridgehead atoms. The molecule has 3 amide bonds. The average molecular weight is 440 g/mol. The fraction of sp³-hybridized carbons (Fsp3) is 0.421. The lowest BCUT2D eigenvalue weighted by Crippen LogP contribution is -2.31. The van der Waals surface area contributed by atoms with Crippen LogP contribution in [0.25, 0.3) is 0 Å². The number of aromatic nitrogens is 2. The Balaban J connectivity index is 2.25. The molecule has 0 saturated heterocycles. The second kappa shape index (κ2) is 9.41. The highest BCUT2D eigenvalue weighted by Gasteiger charge is 2.21. The highest BCUT2D eigenvalue weighted by atomic mass is 35.5. The van der Waals surface area contributed by atoms with Crippen LogP contribution >= 0.6 is 11.6 Å². The number of hydrogen-bond donors (Lipinski definition) is 3. The molecule has 0 fully saturated rings. The first-order chi connectivity index (χ1) is 13.5. The SMILES string of the molecule is CNC(=O)c1cc(S(=O)NC(=O)Nc2c(C(C)C)cc(Cl)cc2C(C)C)nn1C. The molecule has 8 nitrogen and oxygen atoms in total. The molecule has 10 heteroatoms. The zero-order chi connectivity index (χ0) is 21.9. The Morgan fingerprint density at radius 2 is 1.66 bits per heavy atom. The molecule has 158 valence electrons. The number of nitrogens with one attached hydrogen (secondary N) is 3. The lowest BCUT2D eigenvalue weighted by molar-refractivity contribution is 0.0953. The number of carbonyl (C=O) groups excluding carboxylic acids is 2. The van der Waals surface area contributed by atoms with Crippen LogP contribution in [0.5, 0.6) is 0 Å². The molecule has 1 heterocycles. The van der Waals surface area contributed by atoms with E-state index >= 15 is 0 Å². The Hall–Kier alpha value is -2.39. The van der Waals surface area contributed by atoms with Gasteiger partial charge in [0.05, 0.1) is 0 Å². The monoisotopic (exact) mass is 439 g/mol. The molecule has 0 saturated carbocycles. The maximum Gasteiger partial charge on any atom is 0.331 e. The van der Waals surface area contributed by atoms with Crippen molar-refractivity contribution in [1.29, 1.82) is 0 Å². The summed E-state index contributed by atoms with van der Waals surface area (Å²) in [5.74, 6) is -0.118. The third-order valence-corrected chi connectivity index (χ3v) is 5.51. The number of hydrogen-bond acceptors (Lipinski definition) is 4. The number of halogens is 1. The van der Waals surface area contributed by atoms with Crippen molar-refractivity contribution in [1.82, 2.24) is 19.8 Å².